The van der Waals surface area contributed by atoms with Gasteiger partial charge in [-0.1, -0.05) is 11.8 Å². The molecular weight excluding hydrogens is 232 g/mol. The summed E-state index contributed by atoms with van der Waals surface area (Å²) in [6, 6.07) is 2.23. The number of aryl methyl sites for hydroxylation is 2. The van der Waals surface area contributed by atoms with Crippen LogP contribution in [0.25, 0.3) is 0 Å². The van der Waals surface area contributed by atoms with E-state index >= 15 is 0 Å². The van der Waals surface area contributed by atoms with Gasteiger partial charge in [0.2, 0.25) is 0 Å². The first-order valence-corrected chi connectivity index (χ1v) is 6.92. The van der Waals surface area contributed by atoms with Gasteiger partial charge in [0.05, 0.1) is 6.04 Å². The van der Waals surface area contributed by atoms with Crippen LogP contribution in [0.1, 0.15) is 43.9 Å². The van der Waals surface area contributed by atoms with Crippen LogP contribution in [0.4, 0.5) is 0 Å². The lowest BCUT2D eigenvalue weighted by Crippen LogP contribution is -2.37. The number of thioether (sulfide) groups is 1. The van der Waals surface area contributed by atoms with Crippen molar-refractivity contribution in [1.82, 2.24) is 5.32 Å². The first-order chi connectivity index (χ1) is 7.87. The Morgan fingerprint density at radius 2 is 2.18 bits per heavy atom. The standard InChI is InChI=1S/C13H20N2OS/c1-8-6-11(10(3)16-8)9(2)14-12-15-13(4,5)7-17-12/h6,9H,7H2,1-5H3,(H,14,15). The van der Waals surface area contributed by atoms with Crippen LogP contribution in [-0.2, 0) is 0 Å². The normalized spacial score (nSPS) is 22.8. The molecule has 1 saturated heterocycles. The Balaban J connectivity index is 2.14. The second-order valence-corrected chi connectivity index (χ2v) is 6.24. The Hall–Kier alpha value is -0.900. The number of furan rings is 1. The van der Waals surface area contributed by atoms with Crippen molar-refractivity contribution in [2.75, 3.05) is 5.75 Å². The average molecular weight is 252 g/mol. The zero-order valence-electron chi connectivity index (χ0n) is 11.1. The topological polar surface area (TPSA) is 37.5 Å². The van der Waals surface area contributed by atoms with E-state index in [1.165, 1.54) is 5.56 Å². The third-order valence-corrected chi connectivity index (χ3v) is 4.20. The average Bonchev–Trinajstić information content (AvgIpc) is 2.69. The molecule has 0 spiro atoms. The van der Waals surface area contributed by atoms with Gasteiger partial charge in [0.15, 0.2) is 5.17 Å². The van der Waals surface area contributed by atoms with Gasteiger partial charge in [-0.15, -0.1) is 0 Å². The zero-order valence-corrected chi connectivity index (χ0v) is 11.9. The smallest absolute Gasteiger partial charge is 0.157 e. The Labute approximate surface area is 107 Å². The van der Waals surface area contributed by atoms with Crippen molar-refractivity contribution in [2.45, 2.75) is 46.2 Å². The molecule has 3 nitrogen and oxygen atoms in total. The molecule has 0 radical (unpaired) electrons. The van der Waals surface area contributed by atoms with Crippen molar-refractivity contribution >= 4 is 16.9 Å². The summed E-state index contributed by atoms with van der Waals surface area (Å²) in [5.41, 5.74) is 1.34. The third-order valence-electron chi connectivity index (χ3n) is 2.86. The third kappa shape index (κ3) is 2.86. The van der Waals surface area contributed by atoms with Crippen LogP contribution in [0.15, 0.2) is 15.5 Å². The molecule has 1 aromatic rings. The van der Waals surface area contributed by atoms with Crippen molar-refractivity contribution in [3.63, 3.8) is 0 Å². The molecule has 0 aliphatic carbocycles. The molecule has 4 heteroatoms. The van der Waals surface area contributed by atoms with Crippen LogP contribution in [0.3, 0.4) is 0 Å². The fourth-order valence-corrected chi connectivity index (χ4v) is 3.14. The second-order valence-electron chi connectivity index (χ2n) is 5.28. The maximum Gasteiger partial charge on any atom is 0.157 e. The summed E-state index contributed by atoms with van der Waals surface area (Å²) >= 11 is 1.79. The first kappa shape index (κ1) is 12.6. The molecule has 0 amide bonds. The van der Waals surface area contributed by atoms with Gasteiger partial charge in [-0.3, -0.25) is 4.99 Å². The number of hydrogen-bond donors (Lipinski definition) is 1. The minimum atomic E-state index is 0.149. The molecule has 0 aromatic carbocycles. The van der Waals surface area contributed by atoms with Crippen molar-refractivity contribution in [1.29, 1.82) is 0 Å². The molecule has 94 valence electrons. The zero-order chi connectivity index (χ0) is 12.6. The molecule has 1 aliphatic heterocycles. The van der Waals surface area contributed by atoms with Crippen LogP contribution >= 0.6 is 11.8 Å². The molecule has 2 heterocycles. The monoisotopic (exact) mass is 252 g/mol. The molecule has 1 fully saturated rings. The van der Waals surface area contributed by atoms with Gasteiger partial charge in [-0.05, 0) is 40.7 Å². The van der Waals surface area contributed by atoms with Gasteiger partial charge in [0, 0.05) is 16.9 Å². The van der Waals surface area contributed by atoms with E-state index in [4.69, 9.17) is 9.41 Å². The summed E-state index contributed by atoms with van der Waals surface area (Å²) in [5.74, 6) is 3.00. The van der Waals surface area contributed by atoms with Crippen LogP contribution in [0.5, 0.6) is 0 Å². The molecule has 1 atom stereocenters. The number of hydrogen-bond acceptors (Lipinski definition) is 3. The largest absolute Gasteiger partial charge is 0.466 e. The van der Waals surface area contributed by atoms with Gasteiger partial charge in [-0.25, -0.2) is 0 Å². The number of amidine groups is 1. The Morgan fingerprint density at radius 3 is 2.65 bits per heavy atom. The van der Waals surface area contributed by atoms with Gasteiger partial charge in [0.1, 0.15) is 11.5 Å². The van der Waals surface area contributed by atoms with E-state index in [0.29, 0.717) is 0 Å². The highest BCUT2D eigenvalue weighted by atomic mass is 32.2. The van der Waals surface area contributed by atoms with E-state index in [0.717, 1.165) is 22.4 Å². The molecule has 1 aromatic heterocycles. The minimum absolute atomic E-state index is 0.149. The summed E-state index contributed by atoms with van der Waals surface area (Å²) < 4.78 is 5.54. The van der Waals surface area contributed by atoms with Crippen LogP contribution in [-0.4, -0.2) is 16.5 Å². The van der Waals surface area contributed by atoms with Crippen molar-refractivity contribution in [3.05, 3.63) is 23.2 Å². The maximum absolute atomic E-state index is 5.54. The lowest BCUT2D eigenvalue weighted by Gasteiger charge is -2.16. The van der Waals surface area contributed by atoms with E-state index in [2.05, 4.69) is 32.2 Å². The summed E-state index contributed by atoms with van der Waals surface area (Å²) in [6.45, 7) is 10.5. The number of rotatable bonds is 2. The van der Waals surface area contributed by atoms with Crippen LogP contribution in [0.2, 0.25) is 0 Å². The molecule has 2 rings (SSSR count). The SMILES string of the molecule is Cc1cc(C(C)N=C2NC(C)(C)CS2)c(C)o1. The van der Waals surface area contributed by atoms with E-state index in [-0.39, 0.29) is 11.6 Å². The van der Waals surface area contributed by atoms with Crippen LogP contribution < -0.4 is 5.32 Å². The van der Waals surface area contributed by atoms with E-state index in [1.807, 2.05) is 13.8 Å². The highest BCUT2D eigenvalue weighted by molar-refractivity contribution is 8.14. The fraction of sp³-hybridized carbons (Fsp3) is 0.615. The lowest BCUT2D eigenvalue weighted by atomic mass is 10.1. The van der Waals surface area contributed by atoms with Crippen LogP contribution in [0, 0.1) is 13.8 Å². The second kappa shape index (κ2) is 4.41. The minimum Gasteiger partial charge on any atom is -0.466 e. The predicted octanol–water partition coefficient (Wildman–Crippen LogP) is 3.43. The molecular formula is C13H20N2OS. The van der Waals surface area contributed by atoms with Gasteiger partial charge in [0.25, 0.3) is 0 Å². The Bertz CT molecular complexity index is 448. The Kier molecular flexibility index (Phi) is 3.25. The fourth-order valence-electron chi connectivity index (χ4n) is 1.99. The molecule has 0 bridgehead atoms. The number of nitrogens with one attached hydrogen (secondary N) is 1. The maximum atomic E-state index is 5.54. The summed E-state index contributed by atoms with van der Waals surface area (Å²) in [5, 5.41) is 4.48. The summed E-state index contributed by atoms with van der Waals surface area (Å²) in [7, 11) is 0. The molecule has 1 aliphatic rings. The lowest BCUT2D eigenvalue weighted by molar-refractivity contribution is 0.498. The molecule has 0 saturated carbocycles. The number of nitrogens with zero attached hydrogens (tertiary/aromatic N) is 1. The van der Waals surface area contributed by atoms with Crippen molar-refractivity contribution < 1.29 is 4.42 Å². The van der Waals surface area contributed by atoms with E-state index in [9.17, 15) is 0 Å². The summed E-state index contributed by atoms with van der Waals surface area (Å²) in [4.78, 5) is 4.72. The van der Waals surface area contributed by atoms with Gasteiger partial charge in [-0.2, -0.15) is 0 Å². The molecule has 17 heavy (non-hydrogen) atoms. The molecule has 1 N–H and O–H groups in total. The first-order valence-electron chi connectivity index (χ1n) is 5.93. The van der Waals surface area contributed by atoms with Gasteiger partial charge >= 0.3 is 0 Å². The summed E-state index contributed by atoms with van der Waals surface area (Å²) in [6.07, 6.45) is 0. The van der Waals surface area contributed by atoms with Crippen molar-refractivity contribution in [2.24, 2.45) is 4.99 Å². The predicted molar refractivity (Wildman–Crippen MR) is 73.7 cm³/mol. The Morgan fingerprint density at radius 1 is 1.47 bits per heavy atom. The van der Waals surface area contributed by atoms with E-state index < -0.39 is 0 Å². The van der Waals surface area contributed by atoms with Crippen molar-refractivity contribution in [3.8, 4) is 0 Å². The number of aliphatic imine (C=N–C) groups is 1. The quantitative estimate of drug-likeness (QED) is 0.876. The highest BCUT2D eigenvalue weighted by Gasteiger charge is 2.28. The van der Waals surface area contributed by atoms with E-state index in [1.54, 1.807) is 11.8 Å². The highest BCUT2D eigenvalue weighted by Crippen LogP contribution is 2.28. The van der Waals surface area contributed by atoms with Gasteiger partial charge < -0.3 is 9.73 Å². The molecule has 1 unspecified atom stereocenters.